The number of thiazole rings is 1. The van der Waals surface area contributed by atoms with Crippen LogP contribution in [0.3, 0.4) is 0 Å². The van der Waals surface area contributed by atoms with Gasteiger partial charge in [0.1, 0.15) is 0 Å². The number of fused-ring (bicyclic) bond motifs is 3. The fraction of sp³-hybridized carbons (Fsp3) is 0.167. The minimum absolute atomic E-state index is 0.0731. The summed E-state index contributed by atoms with van der Waals surface area (Å²) in [7, 11) is 0. The Morgan fingerprint density at radius 3 is 2.78 bits per heavy atom. The second kappa shape index (κ2) is 6.76. The predicted octanol–water partition coefficient (Wildman–Crippen LogP) is 3.10. The third-order valence-electron chi connectivity index (χ3n) is 4.03. The first-order valence-corrected chi connectivity index (χ1v) is 9.05. The summed E-state index contributed by atoms with van der Waals surface area (Å²) in [5, 5.41) is 15.1. The predicted molar refractivity (Wildman–Crippen MR) is 102 cm³/mol. The molecule has 27 heavy (non-hydrogen) atoms. The Hall–Kier alpha value is -3.33. The highest BCUT2D eigenvalue weighted by atomic mass is 32.1. The van der Waals surface area contributed by atoms with Crippen molar-refractivity contribution in [2.75, 3.05) is 10.6 Å². The topological polar surface area (TPSA) is 117 Å². The molecule has 0 fully saturated rings. The van der Waals surface area contributed by atoms with Crippen LogP contribution in [0.5, 0.6) is 0 Å². The maximum atomic E-state index is 11.2. The maximum absolute atomic E-state index is 11.2. The van der Waals surface area contributed by atoms with Crippen molar-refractivity contribution in [3.63, 3.8) is 0 Å². The first-order chi connectivity index (χ1) is 13.0. The van der Waals surface area contributed by atoms with Gasteiger partial charge in [0.25, 0.3) is 0 Å². The van der Waals surface area contributed by atoms with Gasteiger partial charge in [-0.2, -0.15) is 0 Å². The molecule has 1 amide bonds. The molecule has 0 aliphatic heterocycles. The molecule has 1 aliphatic rings. The van der Waals surface area contributed by atoms with Crippen LogP contribution in [-0.2, 0) is 17.6 Å². The highest BCUT2D eigenvalue weighted by Gasteiger charge is 2.25. The van der Waals surface area contributed by atoms with Gasteiger partial charge in [0.05, 0.1) is 16.3 Å². The van der Waals surface area contributed by atoms with Crippen molar-refractivity contribution >= 4 is 40.5 Å². The normalized spacial score (nSPS) is 12.0. The average molecular weight is 381 g/mol. The van der Waals surface area contributed by atoms with E-state index in [1.54, 1.807) is 18.3 Å². The van der Waals surface area contributed by atoms with E-state index in [0.29, 0.717) is 18.1 Å². The smallest absolute Gasteiger partial charge is 0.365 e. The summed E-state index contributed by atoms with van der Waals surface area (Å²) >= 11 is 1.13. The molecule has 0 radical (unpaired) electrons. The molecule has 0 saturated carbocycles. The number of hydrogen-bond donors (Lipinski definition) is 3. The number of aromatic carboxylic acids is 1. The lowest BCUT2D eigenvalue weighted by molar-refractivity contribution is -0.114. The van der Waals surface area contributed by atoms with Gasteiger partial charge < -0.3 is 15.7 Å². The van der Waals surface area contributed by atoms with Crippen molar-refractivity contribution in [3.8, 4) is 10.6 Å². The quantitative estimate of drug-likeness (QED) is 0.636. The third kappa shape index (κ3) is 3.49. The zero-order valence-corrected chi connectivity index (χ0v) is 15.1. The first kappa shape index (κ1) is 17.1. The Bertz CT molecular complexity index is 1060. The average Bonchev–Trinajstić information content (AvgIpc) is 3.06. The van der Waals surface area contributed by atoms with Crippen LogP contribution >= 0.6 is 11.3 Å². The maximum Gasteiger partial charge on any atom is 0.365 e. The monoisotopic (exact) mass is 381 g/mol. The molecule has 1 aromatic carbocycles. The van der Waals surface area contributed by atoms with E-state index in [-0.39, 0.29) is 10.9 Å². The number of hydrogen-bond acceptors (Lipinski definition) is 7. The van der Waals surface area contributed by atoms with E-state index in [9.17, 15) is 14.7 Å². The second-order valence-corrected chi connectivity index (χ2v) is 7.05. The molecule has 0 bridgehead atoms. The van der Waals surface area contributed by atoms with Crippen LogP contribution in [0.4, 0.5) is 17.3 Å². The van der Waals surface area contributed by atoms with Crippen molar-refractivity contribution in [1.29, 1.82) is 0 Å². The molecule has 0 unspecified atom stereocenters. The van der Waals surface area contributed by atoms with Gasteiger partial charge in [-0.15, -0.1) is 11.3 Å². The minimum atomic E-state index is -1.03. The molecular weight excluding hydrogens is 366 g/mol. The van der Waals surface area contributed by atoms with E-state index in [4.69, 9.17) is 0 Å². The fourth-order valence-electron chi connectivity index (χ4n) is 2.90. The number of anilines is 3. The second-order valence-electron chi connectivity index (χ2n) is 6.05. The summed E-state index contributed by atoms with van der Waals surface area (Å²) in [5.41, 5.74) is 3.86. The summed E-state index contributed by atoms with van der Waals surface area (Å²) in [6.45, 7) is 1.45. The van der Waals surface area contributed by atoms with E-state index < -0.39 is 5.97 Å². The molecule has 2 aromatic heterocycles. The lowest BCUT2D eigenvalue weighted by Crippen LogP contribution is -2.08. The Labute approximate surface area is 158 Å². The van der Waals surface area contributed by atoms with Gasteiger partial charge in [0, 0.05) is 24.5 Å². The molecule has 8 nitrogen and oxygen atoms in total. The summed E-state index contributed by atoms with van der Waals surface area (Å²) in [4.78, 5) is 36.3. The Morgan fingerprint density at radius 1 is 1.19 bits per heavy atom. The highest BCUT2D eigenvalue weighted by Crippen LogP contribution is 2.37. The van der Waals surface area contributed by atoms with E-state index in [2.05, 4.69) is 25.6 Å². The van der Waals surface area contributed by atoms with Crippen molar-refractivity contribution in [1.82, 2.24) is 15.0 Å². The number of carboxylic acids is 1. The number of nitrogens with zero attached hydrogens (tertiary/aromatic N) is 3. The SMILES string of the molecule is CC(=O)Nc1cccc(Nc2ncc3c(n2)-c2sc(C(=O)O)nc2CC3)c1. The number of benzene rings is 1. The molecular formula is C18H15N5O3S. The van der Waals surface area contributed by atoms with Crippen LogP contribution in [0, 0.1) is 0 Å². The number of amides is 1. The summed E-state index contributed by atoms with van der Waals surface area (Å²) in [6, 6.07) is 7.23. The van der Waals surface area contributed by atoms with E-state index in [1.807, 2.05) is 12.1 Å². The Kier molecular flexibility index (Phi) is 4.28. The zero-order valence-electron chi connectivity index (χ0n) is 14.3. The molecule has 4 rings (SSSR count). The van der Waals surface area contributed by atoms with Crippen LogP contribution in [0.15, 0.2) is 30.5 Å². The number of rotatable bonds is 4. The summed E-state index contributed by atoms with van der Waals surface area (Å²) < 4.78 is 0. The van der Waals surface area contributed by atoms with Crippen molar-refractivity contribution in [3.05, 3.63) is 46.7 Å². The zero-order chi connectivity index (χ0) is 19.0. The summed E-state index contributed by atoms with van der Waals surface area (Å²) in [5.74, 6) is -0.783. The molecule has 3 aromatic rings. The van der Waals surface area contributed by atoms with Crippen molar-refractivity contribution in [2.24, 2.45) is 0 Å². The number of carboxylic acid groups (broad SMARTS) is 1. The fourth-order valence-corrected chi connectivity index (χ4v) is 3.88. The molecule has 3 N–H and O–H groups in total. The molecule has 1 aliphatic carbocycles. The number of carbonyl (C=O) groups excluding carboxylic acids is 1. The van der Waals surface area contributed by atoms with Gasteiger partial charge in [-0.3, -0.25) is 4.79 Å². The number of aromatic nitrogens is 3. The lowest BCUT2D eigenvalue weighted by atomic mass is 10.00. The van der Waals surface area contributed by atoms with Gasteiger partial charge in [0.15, 0.2) is 0 Å². The van der Waals surface area contributed by atoms with Gasteiger partial charge in [-0.1, -0.05) is 6.07 Å². The van der Waals surface area contributed by atoms with Crippen molar-refractivity contribution < 1.29 is 14.7 Å². The molecule has 136 valence electrons. The molecule has 0 saturated heterocycles. The van der Waals surface area contributed by atoms with Gasteiger partial charge in [0.2, 0.25) is 16.9 Å². The van der Waals surface area contributed by atoms with Crippen LogP contribution in [-0.4, -0.2) is 31.9 Å². The molecule has 2 heterocycles. The largest absolute Gasteiger partial charge is 0.476 e. The molecule has 0 spiro atoms. The number of nitrogens with one attached hydrogen (secondary N) is 2. The summed E-state index contributed by atoms with van der Waals surface area (Å²) in [6.07, 6.45) is 3.16. The van der Waals surface area contributed by atoms with Gasteiger partial charge in [-0.05, 0) is 36.6 Å². The van der Waals surface area contributed by atoms with E-state index >= 15 is 0 Å². The Morgan fingerprint density at radius 2 is 2.00 bits per heavy atom. The molecule has 0 atom stereocenters. The van der Waals surface area contributed by atoms with E-state index in [0.717, 1.165) is 45.3 Å². The van der Waals surface area contributed by atoms with Gasteiger partial charge >= 0.3 is 5.97 Å². The van der Waals surface area contributed by atoms with E-state index in [1.165, 1.54) is 6.92 Å². The number of carbonyl (C=O) groups is 2. The lowest BCUT2D eigenvalue weighted by Gasteiger charge is -2.15. The first-order valence-electron chi connectivity index (χ1n) is 8.23. The van der Waals surface area contributed by atoms with Crippen LogP contribution in [0.2, 0.25) is 0 Å². The van der Waals surface area contributed by atoms with Crippen LogP contribution < -0.4 is 10.6 Å². The Balaban J connectivity index is 1.65. The van der Waals surface area contributed by atoms with Gasteiger partial charge in [-0.25, -0.2) is 19.7 Å². The van der Waals surface area contributed by atoms with Crippen molar-refractivity contribution in [2.45, 2.75) is 19.8 Å². The van der Waals surface area contributed by atoms with Crippen LogP contribution in [0.25, 0.3) is 10.6 Å². The number of aryl methyl sites for hydroxylation is 2. The minimum Gasteiger partial charge on any atom is -0.476 e. The van der Waals surface area contributed by atoms with Crippen LogP contribution in [0.1, 0.15) is 28.0 Å². The third-order valence-corrected chi connectivity index (χ3v) is 5.12. The molecule has 9 heteroatoms. The highest BCUT2D eigenvalue weighted by molar-refractivity contribution is 7.17. The standard InChI is InChI=1S/C18H15N5O3S/c1-9(24)20-11-3-2-4-12(7-11)21-18-19-8-10-5-6-13-15(14(10)23-18)27-16(22-13)17(25)26/h2-4,7-8H,5-6H2,1H3,(H,20,24)(H,25,26)(H,19,21,23).